The fourth-order valence-corrected chi connectivity index (χ4v) is 2.04. The zero-order chi connectivity index (χ0) is 12.4. The number of hydrogen-bond acceptors (Lipinski definition) is 3. The Kier molecular flexibility index (Phi) is 3.08. The first-order chi connectivity index (χ1) is 8.08. The first kappa shape index (κ1) is 11.6. The number of carbonyl (C=O) groups excluding carboxylic acids is 2. The second-order valence-corrected chi connectivity index (χ2v) is 4.53. The van der Waals surface area contributed by atoms with Gasteiger partial charge in [-0.25, -0.2) is 4.98 Å². The topological polar surface area (TPSA) is 85.1 Å². The third-order valence-corrected chi connectivity index (χ3v) is 3.06. The Bertz CT molecular complexity index is 453. The lowest BCUT2D eigenvalue weighted by atomic mass is 9.75. The number of nitrogens with one attached hydrogen (secondary N) is 1. The molecule has 1 fully saturated rings. The van der Waals surface area contributed by atoms with E-state index in [0.29, 0.717) is 5.92 Å². The largest absolute Gasteiger partial charge is 0.365 e. The lowest BCUT2D eigenvalue weighted by molar-refractivity contribution is -0.123. The Morgan fingerprint density at radius 3 is 2.76 bits per heavy atom. The molecule has 5 nitrogen and oxygen atoms in total. The second kappa shape index (κ2) is 4.53. The van der Waals surface area contributed by atoms with Crippen LogP contribution in [0.2, 0.25) is 0 Å². The summed E-state index contributed by atoms with van der Waals surface area (Å²) in [4.78, 5) is 26.9. The highest BCUT2D eigenvalue weighted by Crippen LogP contribution is 2.33. The lowest BCUT2D eigenvalue weighted by Crippen LogP contribution is -2.34. The molecule has 0 saturated heterocycles. The van der Waals surface area contributed by atoms with E-state index in [1.807, 2.05) is 0 Å². The molecule has 1 heterocycles. The molecule has 17 heavy (non-hydrogen) atoms. The molecule has 0 spiro atoms. The van der Waals surface area contributed by atoms with Gasteiger partial charge >= 0.3 is 0 Å². The van der Waals surface area contributed by atoms with E-state index in [1.54, 1.807) is 12.1 Å². The third kappa shape index (κ3) is 2.43. The molecule has 2 rings (SSSR count). The van der Waals surface area contributed by atoms with Crippen LogP contribution in [0.5, 0.6) is 0 Å². The van der Waals surface area contributed by atoms with E-state index in [1.165, 1.54) is 6.20 Å². The van der Waals surface area contributed by atoms with Gasteiger partial charge in [0.2, 0.25) is 5.91 Å². The highest BCUT2D eigenvalue weighted by molar-refractivity contribution is 6.02. The quantitative estimate of drug-likeness (QED) is 0.821. The van der Waals surface area contributed by atoms with E-state index >= 15 is 0 Å². The summed E-state index contributed by atoms with van der Waals surface area (Å²) in [6.07, 6.45) is 3.31. The molecular formula is C12H15N3O2. The molecule has 1 aromatic heterocycles. The molecule has 3 N–H and O–H groups in total. The van der Waals surface area contributed by atoms with Gasteiger partial charge in [0.1, 0.15) is 5.82 Å². The highest BCUT2D eigenvalue weighted by Gasteiger charge is 2.31. The number of pyridine rings is 1. The van der Waals surface area contributed by atoms with Gasteiger partial charge in [0.05, 0.1) is 5.56 Å². The van der Waals surface area contributed by atoms with E-state index in [-0.39, 0.29) is 23.2 Å². The van der Waals surface area contributed by atoms with Crippen molar-refractivity contribution in [1.29, 1.82) is 0 Å². The summed E-state index contributed by atoms with van der Waals surface area (Å²) in [5.41, 5.74) is 5.45. The Labute approximate surface area is 99.4 Å². The maximum Gasteiger partial charge on any atom is 0.252 e. The molecule has 1 aliphatic carbocycles. The number of anilines is 1. The summed E-state index contributed by atoms with van der Waals surface area (Å²) < 4.78 is 0. The van der Waals surface area contributed by atoms with Crippen LogP contribution in [0.3, 0.4) is 0 Å². The molecule has 0 radical (unpaired) electrons. The molecule has 1 aliphatic rings. The molecule has 5 heteroatoms. The van der Waals surface area contributed by atoms with Crippen molar-refractivity contribution >= 4 is 17.6 Å². The molecule has 1 aromatic rings. The smallest absolute Gasteiger partial charge is 0.252 e. The first-order valence-electron chi connectivity index (χ1n) is 5.63. The van der Waals surface area contributed by atoms with Gasteiger partial charge in [-0.15, -0.1) is 0 Å². The summed E-state index contributed by atoms with van der Waals surface area (Å²) >= 11 is 0. The van der Waals surface area contributed by atoms with E-state index in [0.717, 1.165) is 12.8 Å². The van der Waals surface area contributed by atoms with E-state index in [4.69, 9.17) is 5.73 Å². The zero-order valence-corrected chi connectivity index (χ0v) is 9.64. The third-order valence-electron chi connectivity index (χ3n) is 3.06. The normalized spacial score (nSPS) is 22.6. The maximum absolute atomic E-state index is 11.8. The predicted molar refractivity (Wildman–Crippen MR) is 63.3 cm³/mol. The van der Waals surface area contributed by atoms with Gasteiger partial charge in [-0.05, 0) is 30.9 Å². The number of rotatable bonds is 3. The van der Waals surface area contributed by atoms with E-state index in [9.17, 15) is 9.59 Å². The van der Waals surface area contributed by atoms with Crippen molar-refractivity contribution in [3.05, 3.63) is 23.9 Å². The molecule has 1 saturated carbocycles. The second-order valence-electron chi connectivity index (χ2n) is 4.53. The number of nitrogens with two attached hydrogens (primary N) is 1. The predicted octanol–water partition coefficient (Wildman–Crippen LogP) is 1.17. The van der Waals surface area contributed by atoms with Crippen molar-refractivity contribution in [2.24, 2.45) is 17.6 Å². The van der Waals surface area contributed by atoms with Crippen LogP contribution in [-0.2, 0) is 4.79 Å². The number of amides is 2. The van der Waals surface area contributed by atoms with Crippen LogP contribution in [0.4, 0.5) is 5.82 Å². The van der Waals surface area contributed by atoms with E-state index < -0.39 is 5.91 Å². The van der Waals surface area contributed by atoms with Gasteiger partial charge in [-0.1, -0.05) is 6.92 Å². The van der Waals surface area contributed by atoms with Crippen LogP contribution < -0.4 is 11.1 Å². The van der Waals surface area contributed by atoms with Crippen molar-refractivity contribution in [3.8, 4) is 0 Å². The molecule has 2 amide bonds. The average Bonchev–Trinajstić information content (AvgIpc) is 2.25. The minimum atomic E-state index is -0.588. The summed E-state index contributed by atoms with van der Waals surface area (Å²) in [6, 6.07) is 3.16. The van der Waals surface area contributed by atoms with Gasteiger partial charge in [-0.3, -0.25) is 9.59 Å². The summed E-state index contributed by atoms with van der Waals surface area (Å²) in [5.74, 6) is 0.224. The van der Waals surface area contributed by atoms with Crippen LogP contribution in [-0.4, -0.2) is 16.8 Å². The molecule has 0 atom stereocenters. The van der Waals surface area contributed by atoms with Crippen LogP contribution in [0.1, 0.15) is 30.1 Å². The standard InChI is InChI=1S/C12H15N3O2/c1-7-5-8(6-7)12(17)15-11-9(10(13)16)3-2-4-14-11/h2-4,7-8H,5-6H2,1H3,(H2,13,16)(H,14,15,17). The Morgan fingerprint density at radius 2 is 2.18 bits per heavy atom. The van der Waals surface area contributed by atoms with Crippen molar-refractivity contribution in [2.45, 2.75) is 19.8 Å². The Balaban J connectivity index is 2.08. The molecule has 0 unspecified atom stereocenters. The van der Waals surface area contributed by atoms with Gasteiger partial charge < -0.3 is 11.1 Å². The van der Waals surface area contributed by atoms with Gasteiger partial charge in [0.25, 0.3) is 5.91 Å². The number of nitrogens with zero attached hydrogens (tertiary/aromatic N) is 1. The summed E-state index contributed by atoms with van der Waals surface area (Å²) in [5, 5.41) is 2.66. The molecule has 0 aromatic carbocycles. The van der Waals surface area contributed by atoms with Crippen LogP contribution in [0.15, 0.2) is 18.3 Å². The molecule has 0 bridgehead atoms. The van der Waals surface area contributed by atoms with Crippen molar-refractivity contribution in [3.63, 3.8) is 0 Å². The number of carbonyl (C=O) groups is 2. The van der Waals surface area contributed by atoms with Crippen molar-refractivity contribution < 1.29 is 9.59 Å². The van der Waals surface area contributed by atoms with Gasteiger partial charge in [-0.2, -0.15) is 0 Å². The zero-order valence-electron chi connectivity index (χ0n) is 9.64. The molecule has 90 valence electrons. The van der Waals surface area contributed by atoms with Crippen LogP contribution >= 0.6 is 0 Å². The maximum atomic E-state index is 11.8. The summed E-state index contributed by atoms with van der Waals surface area (Å²) in [6.45, 7) is 2.11. The SMILES string of the molecule is CC1CC(C(=O)Nc2ncccc2C(N)=O)C1. The summed E-state index contributed by atoms with van der Waals surface area (Å²) in [7, 11) is 0. The fourth-order valence-electron chi connectivity index (χ4n) is 2.04. The van der Waals surface area contributed by atoms with Crippen molar-refractivity contribution in [2.75, 3.05) is 5.32 Å². The van der Waals surface area contributed by atoms with Gasteiger partial charge in [0.15, 0.2) is 0 Å². The monoisotopic (exact) mass is 233 g/mol. The highest BCUT2D eigenvalue weighted by atomic mass is 16.2. The first-order valence-corrected chi connectivity index (χ1v) is 5.63. The van der Waals surface area contributed by atoms with Crippen molar-refractivity contribution in [1.82, 2.24) is 4.98 Å². The van der Waals surface area contributed by atoms with Crippen LogP contribution in [0, 0.1) is 11.8 Å². The minimum absolute atomic E-state index is 0.0349. The fraction of sp³-hybridized carbons (Fsp3) is 0.417. The lowest BCUT2D eigenvalue weighted by Gasteiger charge is -2.31. The van der Waals surface area contributed by atoms with Crippen LogP contribution in [0.25, 0.3) is 0 Å². The molecule has 0 aliphatic heterocycles. The average molecular weight is 233 g/mol. The number of aromatic nitrogens is 1. The number of primary amides is 1. The Morgan fingerprint density at radius 1 is 1.47 bits per heavy atom. The number of hydrogen-bond donors (Lipinski definition) is 2. The van der Waals surface area contributed by atoms with E-state index in [2.05, 4.69) is 17.2 Å². The molecular weight excluding hydrogens is 218 g/mol. The van der Waals surface area contributed by atoms with Gasteiger partial charge in [0, 0.05) is 12.1 Å². The minimum Gasteiger partial charge on any atom is -0.365 e. The Hall–Kier alpha value is -1.91.